The smallest absolute Gasteiger partial charge is 0.527 e. The van der Waals surface area contributed by atoms with Gasteiger partial charge in [-0.3, -0.25) is 0 Å². The minimum Gasteiger partial charge on any atom is -0.527 e. The van der Waals surface area contributed by atoms with Gasteiger partial charge >= 0.3 is 20.0 Å². The van der Waals surface area contributed by atoms with Gasteiger partial charge in [0.25, 0.3) is 0 Å². The first-order chi connectivity index (χ1) is 10.7. The van der Waals surface area contributed by atoms with E-state index in [1.54, 1.807) is 0 Å². The van der Waals surface area contributed by atoms with Gasteiger partial charge in [-0.1, -0.05) is 0 Å². The van der Waals surface area contributed by atoms with Crippen molar-refractivity contribution in [3.8, 4) is 11.5 Å². The van der Waals surface area contributed by atoms with Crippen molar-refractivity contribution in [1.29, 1.82) is 0 Å². The molecule has 11 heteroatoms. The predicted octanol–water partition coefficient (Wildman–Crippen LogP) is 3.24. The lowest BCUT2D eigenvalue weighted by Crippen LogP contribution is -2.13. The maximum atomic E-state index is 12.3. The number of hydrogen-bond acceptors (Lipinski definition) is 4. The summed E-state index contributed by atoms with van der Waals surface area (Å²) in [4.78, 5) is 6.34. The standard InChI is InChI=1S/C12H7BF6N2O2/c14-11(15,16)9-3-1-7(5-20-9)22-13-23-8-2-4-10(21-6-8)12(17,18)19/h1-6,13H. The van der Waals surface area contributed by atoms with Gasteiger partial charge in [-0.15, -0.1) is 0 Å². The molecule has 0 amide bonds. The molecule has 0 saturated heterocycles. The molecule has 23 heavy (non-hydrogen) atoms. The van der Waals surface area contributed by atoms with E-state index in [1.165, 1.54) is 0 Å². The van der Waals surface area contributed by atoms with Crippen LogP contribution in [-0.4, -0.2) is 17.7 Å². The summed E-state index contributed by atoms with van der Waals surface area (Å²) in [5.41, 5.74) is -2.14. The average molecular weight is 336 g/mol. The van der Waals surface area contributed by atoms with Gasteiger partial charge in [-0.2, -0.15) is 26.3 Å². The largest absolute Gasteiger partial charge is 0.576 e. The van der Waals surface area contributed by atoms with E-state index in [0.717, 1.165) is 36.7 Å². The normalized spacial score (nSPS) is 11.9. The minimum absolute atomic E-state index is 0.0119. The Balaban J connectivity index is 1.87. The lowest BCUT2D eigenvalue weighted by Gasteiger charge is -2.09. The zero-order valence-corrected chi connectivity index (χ0v) is 11.1. The van der Waals surface area contributed by atoms with Gasteiger partial charge in [-0.05, 0) is 24.3 Å². The Labute approximate surface area is 126 Å². The molecule has 0 radical (unpaired) electrons. The Kier molecular flexibility index (Phi) is 4.67. The maximum Gasteiger partial charge on any atom is 0.576 e. The molecule has 0 spiro atoms. The van der Waals surface area contributed by atoms with Crippen LogP contribution in [0.15, 0.2) is 36.7 Å². The fraction of sp³-hybridized carbons (Fsp3) is 0.167. The summed E-state index contributed by atoms with van der Waals surface area (Å²) in [6.45, 7) is 0. The number of rotatable bonds is 4. The highest BCUT2D eigenvalue weighted by atomic mass is 19.4. The lowest BCUT2D eigenvalue weighted by molar-refractivity contribution is -0.142. The molecule has 0 aliphatic heterocycles. The molecule has 2 aromatic heterocycles. The second-order valence-corrected chi connectivity index (χ2v) is 4.16. The minimum atomic E-state index is -4.55. The van der Waals surface area contributed by atoms with Crippen molar-refractivity contribution in [3.05, 3.63) is 48.0 Å². The number of alkyl halides is 6. The zero-order chi connectivity index (χ0) is 17.1. The van der Waals surface area contributed by atoms with E-state index in [1.807, 2.05) is 0 Å². The Morgan fingerprint density at radius 3 is 1.35 bits per heavy atom. The summed E-state index contributed by atoms with van der Waals surface area (Å²) in [6, 6.07) is 3.55. The Morgan fingerprint density at radius 2 is 1.09 bits per heavy atom. The van der Waals surface area contributed by atoms with Crippen molar-refractivity contribution in [3.63, 3.8) is 0 Å². The highest BCUT2D eigenvalue weighted by molar-refractivity contribution is 6.20. The monoisotopic (exact) mass is 336 g/mol. The molecule has 2 aromatic rings. The van der Waals surface area contributed by atoms with Crippen molar-refractivity contribution in [2.24, 2.45) is 0 Å². The molecule has 0 unspecified atom stereocenters. The molecule has 0 atom stereocenters. The summed E-state index contributed by atoms with van der Waals surface area (Å²) < 4.78 is 83.7. The zero-order valence-electron chi connectivity index (χ0n) is 11.1. The molecule has 0 aromatic carbocycles. The topological polar surface area (TPSA) is 44.2 Å². The molecule has 0 saturated carbocycles. The predicted molar refractivity (Wildman–Crippen MR) is 66.9 cm³/mol. The van der Waals surface area contributed by atoms with Crippen molar-refractivity contribution in [1.82, 2.24) is 9.97 Å². The van der Waals surface area contributed by atoms with Crippen molar-refractivity contribution in [2.75, 3.05) is 0 Å². The van der Waals surface area contributed by atoms with Crippen molar-refractivity contribution < 1.29 is 35.7 Å². The molecule has 0 aliphatic carbocycles. The van der Waals surface area contributed by atoms with Crippen LogP contribution in [0.3, 0.4) is 0 Å². The van der Waals surface area contributed by atoms with Gasteiger partial charge in [0.1, 0.15) is 22.9 Å². The third-order valence-electron chi connectivity index (χ3n) is 2.50. The van der Waals surface area contributed by atoms with Crippen molar-refractivity contribution >= 4 is 7.69 Å². The van der Waals surface area contributed by atoms with Crippen LogP contribution in [0.1, 0.15) is 11.4 Å². The Morgan fingerprint density at radius 1 is 0.696 bits per heavy atom. The van der Waals surface area contributed by atoms with Crippen LogP contribution in [0.4, 0.5) is 26.3 Å². The van der Waals surface area contributed by atoms with E-state index >= 15 is 0 Å². The number of nitrogens with zero attached hydrogens (tertiary/aromatic N) is 2. The SMILES string of the molecule is FC(F)(F)c1ccc(OBOc2ccc(C(F)(F)F)nc2)cn1. The molecule has 0 fully saturated rings. The molecule has 2 rings (SSSR count). The van der Waals surface area contributed by atoms with Crippen LogP contribution in [0.5, 0.6) is 11.5 Å². The van der Waals surface area contributed by atoms with E-state index in [-0.39, 0.29) is 11.5 Å². The van der Waals surface area contributed by atoms with Crippen LogP contribution in [0.2, 0.25) is 0 Å². The summed E-state index contributed by atoms with van der Waals surface area (Å²) in [5, 5.41) is 0. The Bertz CT molecular complexity index is 585. The Hall–Kier alpha value is -2.46. The summed E-state index contributed by atoms with van der Waals surface area (Å²) in [5.74, 6) is 0.0238. The fourth-order valence-electron chi connectivity index (χ4n) is 1.43. The molecule has 4 nitrogen and oxygen atoms in total. The lowest BCUT2D eigenvalue weighted by atomic mass is 10.3. The number of pyridine rings is 2. The van der Waals surface area contributed by atoms with E-state index in [9.17, 15) is 26.3 Å². The number of halogens is 6. The highest BCUT2D eigenvalue weighted by Gasteiger charge is 2.32. The van der Waals surface area contributed by atoms with Gasteiger partial charge in [0.2, 0.25) is 0 Å². The molecule has 0 bridgehead atoms. The van der Waals surface area contributed by atoms with E-state index in [0.29, 0.717) is 0 Å². The van der Waals surface area contributed by atoms with E-state index in [2.05, 4.69) is 9.97 Å². The van der Waals surface area contributed by atoms with Gasteiger partial charge in [0, 0.05) is 0 Å². The van der Waals surface area contributed by atoms with Crippen LogP contribution in [0.25, 0.3) is 0 Å². The second kappa shape index (κ2) is 6.35. The molecular weight excluding hydrogens is 329 g/mol. The second-order valence-electron chi connectivity index (χ2n) is 4.16. The molecular formula is C12H7BF6N2O2. The summed E-state index contributed by atoms with van der Waals surface area (Å²) in [6.07, 6.45) is -7.39. The van der Waals surface area contributed by atoms with Crippen LogP contribution >= 0.6 is 0 Å². The average Bonchev–Trinajstić information content (AvgIpc) is 2.46. The highest BCUT2D eigenvalue weighted by Crippen LogP contribution is 2.29. The van der Waals surface area contributed by atoms with Crippen LogP contribution < -0.4 is 9.31 Å². The van der Waals surface area contributed by atoms with Gasteiger partial charge in [-0.25, -0.2) is 9.97 Å². The van der Waals surface area contributed by atoms with Gasteiger partial charge in [0.05, 0.1) is 12.4 Å². The first-order valence-corrected chi connectivity index (χ1v) is 5.98. The molecule has 122 valence electrons. The first-order valence-electron chi connectivity index (χ1n) is 5.98. The summed E-state index contributed by atoms with van der Waals surface area (Å²) >= 11 is 0. The summed E-state index contributed by atoms with van der Waals surface area (Å²) in [7, 11) is -0.430. The number of aromatic nitrogens is 2. The molecule has 2 heterocycles. The van der Waals surface area contributed by atoms with Gasteiger partial charge in [0.15, 0.2) is 0 Å². The third kappa shape index (κ3) is 4.76. The first kappa shape index (κ1) is 16.9. The molecule has 0 aliphatic rings. The van der Waals surface area contributed by atoms with E-state index in [4.69, 9.17) is 9.31 Å². The van der Waals surface area contributed by atoms with Crippen molar-refractivity contribution in [2.45, 2.75) is 12.4 Å². The van der Waals surface area contributed by atoms with Crippen LogP contribution in [-0.2, 0) is 12.4 Å². The quantitative estimate of drug-likeness (QED) is 0.635. The van der Waals surface area contributed by atoms with Gasteiger partial charge < -0.3 is 9.31 Å². The fourth-order valence-corrected chi connectivity index (χ4v) is 1.43. The van der Waals surface area contributed by atoms with Crippen LogP contribution in [0, 0.1) is 0 Å². The third-order valence-corrected chi connectivity index (χ3v) is 2.50. The number of hydrogen-bond donors (Lipinski definition) is 0. The molecule has 0 N–H and O–H groups in total. The van der Waals surface area contributed by atoms with E-state index < -0.39 is 31.4 Å². The maximum absolute atomic E-state index is 12.3.